The van der Waals surface area contributed by atoms with Crippen LogP contribution >= 0.6 is 0 Å². The van der Waals surface area contributed by atoms with Gasteiger partial charge in [0.2, 0.25) is 0 Å². The summed E-state index contributed by atoms with van der Waals surface area (Å²) >= 11 is 0. The fraction of sp³-hybridized carbons (Fsp3) is 0.0167. The van der Waals surface area contributed by atoms with E-state index in [4.69, 9.17) is 9.97 Å². The first-order valence-corrected chi connectivity index (χ1v) is 21.6. The molecule has 12 rings (SSSR count). The van der Waals surface area contributed by atoms with Crippen molar-refractivity contribution in [2.24, 2.45) is 0 Å². The molecule has 1 aliphatic rings. The highest BCUT2D eigenvalue weighted by Crippen LogP contribution is 2.57. The molecule has 0 saturated heterocycles. The largest absolute Gasteiger partial charge is 0.309 e. The normalized spacial score (nSPS) is 12.5. The summed E-state index contributed by atoms with van der Waals surface area (Å²) in [6, 6.07) is 84.1. The van der Waals surface area contributed by atoms with Crippen LogP contribution in [0.25, 0.3) is 83.6 Å². The third-order valence-electron chi connectivity index (χ3n) is 12.9. The third-order valence-corrected chi connectivity index (χ3v) is 12.9. The minimum atomic E-state index is -0.528. The molecule has 0 saturated carbocycles. The summed E-state index contributed by atoms with van der Waals surface area (Å²) in [4.78, 5) is 10.4. The SMILES string of the molecule is N#Cc1cccc(-c2cc(-c3ccccc3)nc(-c3cccc(-n4c5ccc(-c6ccccc6)cc5c5cc6c(cc54)-c4ccccc4C6(c4ccccc4)c4ccccc4)c3)n2)c1. The molecule has 4 nitrogen and oxygen atoms in total. The van der Waals surface area contributed by atoms with Gasteiger partial charge in [0.05, 0.1) is 39.5 Å². The van der Waals surface area contributed by atoms with E-state index in [0.29, 0.717) is 11.4 Å². The molecule has 0 fully saturated rings. The molecule has 64 heavy (non-hydrogen) atoms. The smallest absolute Gasteiger partial charge is 0.160 e. The van der Waals surface area contributed by atoms with E-state index in [-0.39, 0.29) is 0 Å². The highest BCUT2D eigenvalue weighted by molar-refractivity contribution is 6.13. The maximum absolute atomic E-state index is 9.76. The van der Waals surface area contributed by atoms with Crippen LogP contribution in [-0.2, 0) is 5.41 Å². The molecule has 0 N–H and O–H groups in total. The first kappa shape index (κ1) is 37.1. The van der Waals surface area contributed by atoms with Crippen molar-refractivity contribution >= 4 is 21.8 Å². The van der Waals surface area contributed by atoms with Crippen LogP contribution in [0.1, 0.15) is 27.8 Å². The van der Waals surface area contributed by atoms with Gasteiger partial charge in [-0.15, -0.1) is 0 Å². The van der Waals surface area contributed by atoms with Gasteiger partial charge in [-0.1, -0.05) is 176 Å². The van der Waals surface area contributed by atoms with E-state index >= 15 is 0 Å². The van der Waals surface area contributed by atoms with Crippen molar-refractivity contribution < 1.29 is 0 Å². The van der Waals surface area contributed by atoms with E-state index in [9.17, 15) is 5.26 Å². The van der Waals surface area contributed by atoms with E-state index in [2.05, 4.69) is 193 Å². The van der Waals surface area contributed by atoms with Gasteiger partial charge in [-0.2, -0.15) is 5.26 Å². The van der Waals surface area contributed by atoms with Crippen LogP contribution in [0.5, 0.6) is 0 Å². The van der Waals surface area contributed by atoms with Crippen LogP contribution in [0, 0.1) is 11.3 Å². The van der Waals surface area contributed by atoms with Gasteiger partial charge in [-0.05, 0) is 99.1 Å². The molecular formula is C60H38N4. The lowest BCUT2D eigenvalue weighted by Crippen LogP contribution is -2.28. The van der Waals surface area contributed by atoms with Crippen LogP contribution in [0.15, 0.2) is 231 Å². The Morgan fingerprint density at radius 3 is 1.70 bits per heavy atom. The Balaban J connectivity index is 1.13. The zero-order valence-electron chi connectivity index (χ0n) is 34.7. The summed E-state index contributed by atoms with van der Waals surface area (Å²) in [5.41, 5.74) is 17.5. The number of hydrogen-bond acceptors (Lipinski definition) is 3. The first-order valence-electron chi connectivity index (χ1n) is 21.6. The van der Waals surface area contributed by atoms with Crippen molar-refractivity contribution in [3.05, 3.63) is 258 Å². The second-order valence-electron chi connectivity index (χ2n) is 16.4. The maximum atomic E-state index is 9.76. The summed E-state index contributed by atoms with van der Waals surface area (Å²) in [5, 5.41) is 12.1. The predicted octanol–water partition coefficient (Wildman–Crippen LogP) is 14.5. The molecule has 0 amide bonds. The van der Waals surface area contributed by atoms with Gasteiger partial charge in [0.15, 0.2) is 5.82 Å². The molecule has 0 aliphatic heterocycles. The second-order valence-corrected chi connectivity index (χ2v) is 16.4. The average Bonchev–Trinajstić information content (AvgIpc) is 3.86. The Morgan fingerprint density at radius 1 is 0.391 bits per heavy atom. The van der Waals surface area contributed by atoms with Crippen molar-refractivity contribution in [1.29, 1.82) is 5.26 Å². The minimum Gasteiger partial charge on any atom is -0.309 e. The summed E-state index contributed by atoms with van der Waals surface area (Å²) in [6.45, 7) is 0. The van der Waals surface area contributed by atoms with E-state index in [0.717, 1.165) is 44.8 Å². The molecule has 0 bridgehead atoms. The summed E-state index contributed by atoms with van der Waals surface area (Å²) in [6.07, 6.45) is 0. The Labute approximate surface area is 371 Å². The van der Waals surface area contributed by atoms with Crippen LogP contribution in [0.4, 0.5) is 0 Å². The fourth-order valence-electron chi connectivity index (χ4n) is 10.1. The number of fused-ring (bicyclic) bond motifs is 6. The molecule has 4 heteroatoms. The molecule has 0 atom stereocenters. The lowest BCUT2D eigenvalue weighted by atomic mass is 9.67. The minimum absolute atomic E-state index is 0.528. The summed E-state index contributed by atoms with van der Waals surface area (Å²) in [5.74, 6) is 0.609. The zero-order chi connectivity index (χ0) is 42.6. The number of rotatable bonds is 7. The first-order chi connectivity index (χ1) is 31.7. The summed E-state index contributed by atoms with van der Waals surface area (Å²) in [7, 11) is 0. The number of aromatic nitrogens is 3. The number of nitriles is 1. The zero-order valence-corrected chi connectivity index (χ0v) is 34.7. The Hall–Kier alpha value is -8.65. The van der Waals surface area contributed by atoms with Gasteiger partial charge in [0.1, 0.15) is 0 Å². The van der Waals surface area contributed by atoms with Gasteiger partial charge in [-0.3, -0.25) is 0 Å². The molecule has 298 valence electrons. The maximum Gasteiger partial charge on any atom is 0.160 e. The van der Waals surface area contributed by atoms with Gasteiger partial charge in [-0.25, -0.2) is 9.97 Å². The van der Waals surface area contributed by atoms with Gasteiger partial charge in [0, 0.05) is 33.2 Å². The van der Waals surface area contributed by atoms with E-state index in [1.54, 1.807) is 0 Å². The molecule has 1 aliphatic carbocycles. The van der Waals surface area contributed by atoms with Crippen LogP contribution in [-0.4, -0.2) is 14.5 Å². The van der Waals surface area contributed by atoms with Crippen molar-refractivity contribution in [3.63, 3.8) is 0 Å². The van der Waals surface area contributed by atoms with Crippen LogP contribution < -0.4 is 0 Å². The van der Waals surface area contributed by atoms with E-state index in [1.807, 2.05) is 48.5 Å². The lowest BCUT2D eigenvalue weighted by molar-refractivity contribution is 0.769. The Morgan fingerprint density at radius 2 is 0.984 bits per heavy atom. The van der Waals surface area contributed by atoms with Gasteiger partial charge >= 0.3 is 0 Å². The Kier molecular flexibility index (Phi) is 8.74. The fourth-order valence-corrected chi connectivity index (χ4v) is 10.1. The summed E-state index contributed by atoms with van der Waals surface area (Å²) < 4.78 is 2.41. The third kappa shape index (κ3) is 5.91. The Bertz CT molecular complexity index is 3570. The molecule has 0 radical (unpaired) electrons. The standard InChI is InChI=1S/C60H38N4/c61-39-40-17-15-22-44(33-40)56-38-55(42-20-7-2-8-21-42)62-59(63-56)45-23-16-28-48(34-45)64-57-32-31-43(41-18-5-1-6-19-41)35-51(57)52-36-54-50(37-58(52)64)49-29-13-14-30-53(49)60(54,46-24-9-3-10-25-46)47-26-11-4-12-27-47/h1-38H. The van der Waals surface area contributed by atoms with Crippen LogP contribution in [0.3, 0.4) is 0 Å². The number of hydrogen-bond donors (Lipinski definition) is 0. The average molecular weight is 815 g/mol. The highest BCUT2D eigenvalue weighted by Gasteiger charge is 2.46. The van der Waals surface area contributed by atoms with Crippen LogP contribution in [0.2, 0.25) is 0 Å². The molecule has 0 unspecified atom stereocenters. The van der Waals surface area contributed by atoms with Crippen molar-refractivity contribution in [2.75, 3.05) is 0 Å². The predicted molar refractivity (Wildman–Crippen MR) is 260 cm³/mol. The van der Waals surface area contributed by atoms with E-state index < -0.39 is 5.41 Å². The highest BCUT2D eigenvalue weighted by atomic mass is 15.0. The lowest BCUT2D eigenvalue weighted by Gasteiger charge is -2.34. The van der Waals surface area contributed by atoms with Gasteiger partial charge < -0.3 is 4.57 Å². The molecule has 11 aromatic rings. The topological polar surface area (TPSA) is 54.5 Å². The van der Waals surface area contributed by atoms with E-state index in [1.165, 1.54) is 55.3 Å². The van der Waals surface area contributed by atoms with Crippen molar-refractivity contribution in [3.8, 4) is 67.9 Å². The molecular weight excluding hydrogens is 777 g/mol. The second kappa shape index (κ2) is 15.1. The molecule has 2 aromatic heterocycles. The van der Waals surface area contributed by atoms with Gasteiger partial charge in [0.25, 0.3) is 0 Å². The molecule has 9 aromatic carbocycles. The van der Waals surface area contributed by atoms with Crippen molar-refractivity contribution in [2.45, 2.75) is 5.41 Å². The monoisotopic (exact) mass is 814 g/mol. The molecule has 2 heterocycles. The number of nitrogens with zero attached hydrogens (tertiary/aromatic N) is 4. The number of benzene rings is 9. The quantitative estimate of drug-likeness (QED) is 0.161. The molecule has 0 spiro atoms. The van der Waals surface area contributed by atoms with Crippen molar-refractivity contribution in [1.82, 2.24) is 14.5 Å².